The average Bonchev–Trinajstić information content (AvgIpc) is 3.30. The monoisotopic (exact) mass is 544 g/mol. The lowest BCUT2D eigenvalue weighted by Crippen LogP contribution is -2.50. The molecule has 2 aromatic carbocycles. The first-order chi connectivity index (χ1) is 18.5. The van der Waals surface area contributed by atoms with Crippen molar-refractivity contribution in [2.45, 2.75) is 57.0 Å². The van der Waals surface area contributed by atoms with Crippen molar-refractivity contribution in [1.82, 2.24) is 20.2 Å². The van der Waals surface area contributed by atoms with Gasteiger partial charge in [-0.25, -0.2) is 14.8 Å². The molecule has 1 aliphatic heterocycles. The lowest BCUT2D eigenvalue weighted by molar-refractivity contribution is 0.0586. The maximum absolute atomic E-state index is 14.1. The molecule has 2 aliphatic carbocycles. The first-order valence-corrected chi connectivity index (χ1v) is 14.9. The van der Waals surface area contributed by atoms with Crippen LogP contribution in [0.3, 0.4) is 0 Å². The molecular formula is C29H28N4O3S2. The number of carbonyl (C=O) groups excluding carboxylic acids is 2. The standard InChI is InChI=1S/C29H28N4O3S2/c1-16-5-7-17(8-6-16)25-24(32-27(38-25)18-9-10-18)28(34)33-20-12-11-19(13-20)22(33)14-30-29(35)36-23-4-2-3-21-26(23)37-15-31-21/h2-8,15,18-20,22H,9-14H2,1H3,(H,30,35)/t19-,20+,22+/m0/s1. The van der Waals surface area contributed by atoms with Gasteiger partial charge in [-0.05, 0) is 62.6 Å². The van der Waals surface area contributed by atoms with Gasteiger partial charge >= 0.3 is 6.09 Å². The smallest absolute Gasteiger partial charge is 0.409 e. The minimum Gasteiger partial charge on any atom is -0.409 e. The fourth-order valence-electron chi connectivity index (χ4n) is 5.95. The number of nitrogens with zero attached hydrogens (tertiary/aromatic N) is 3. The molecule has 194 valence electrons. The molecule has 3 heterocycles. The molecule has 2 amide bonds. The summed E-state index contributed by atoms with van der Waals surface area (Å²) in [6.45, 7) is 2.43. The molecule has 1 N–H and O–H groups in total. The van der Waals surface area contributed by atoms with Crippen molar-refractivity contribution in [3.63, 3.8) is 0 Å². The Bertz CT molecular complexity index is 1520. The lowest BCUT2D eigenvalue weighted by Gasteiger charge is -2.35. The van der Waals surface area contributed by atoms with Gasteiger partial charge in [-0.3, -0.25) is 4.79 Å². The van der Waals surface area contributed by atoms with Gasteiger partial charge in [0, 0.05) is 18.5 Å². The maximum atomic E-state index is 14.1. The van der Waals surface area contributed by atoms with Crippen LogP contribution in [0.25, 0.3) is 20.7 Å². The Hall–Kier alpha value is -3.30. The van der Waals surface area contributed by atoms with Crippen LogP contribution in [0.15, 0.2) is 48.0 Å². The summed E-state index contributed by atoms with van der Waals surface area (Å²) in [4.78, 5) is 39.1. The highest BCUT2D eigenvalue weighted by Crippen LogP contribution is 2.47. The van der Waals surface area contributed by atoms with E-state index < -0.39 is 6.09 Å². The quantitative estimate of drug-likeness (QED) is 0.304. The second kappa shape index (κ2) is 9.47. The summed E-state index contributed by atoms with van der Waals surface area (Å²) < 4.78 is 6.48. The number of ether oxygens (including phenoxy) is 1. The molecule has 4 aromatic rings. The van der Waals surface area contributed by atoms with E-state index in [1.807, 2.05) is 17.0 Å². The topological polar surface area (TPSA) is 84.4 Å². The fourth-order valence-corrected chi connectivity index (χ4v) is 7.92. The van der Waals surface area contributed by atoms with E-state index >= 15 is 0 Å². The van der Waals surface area contributed by atoms with E-state index in [1.54, 1.807) is 22.9 Å². The number of likely N-dealkylation sites (tertiary alicyclic amines) is 1. The van der Waals surface area contributed by atoms with Crippen molar-refractivity contribution in [3.8, 4) is 16.2 Å². The van der Waals surface area contributed by atoms with Crippen LogP contribution < -0.4 is 10.1 Å². The number of rotatable bonds is 6. The first-order valence-electron chi connectivity index (χ1n) is 13.2. The highest BCUT2D eigenvalue weighted by atomic mass is 32.1. The number of piperidine rings is 1. The van der Waals surface area contributed by atoms with E-state index in [4.69, 9.17) is 9.72 Å². The SMILES string of the molecule is Cc1ccc(-c2sc(C3CC3)nc2C(=O)N2[C@@H]3CC[C@@H](C3)[C@H]2CNC(=O)Oc2cccc3ncsc23)cc1. The Morgan fingerprint density at radius 2 is 1.95 bits per heavy atom. The van der Waals surface area contributed by atoms with Gasteiger partial charge < -0.3 is 15.0 Å². The Balaban J connectivity index is 1.12. The molecule has 0 spiro atoms. The third kappa shape index (κ3) is 4.27. The summed E-state index contributed by atoms with van der Waals surface area (Å²) in [5.74, 6) is 1.35. The summed E-state index contributed by atoms with van der Waals surface area (Å²) in [5.41, 5.74) is 5.35. The third-order valence-electron chi connectivity index (χ3n) is 8.04. The van der Waals surface area contributed by atoms with Crippen molar-refractivity contribution >= 4 is 44.9 Å². The number of nitrogens with one attached hydrogen (secondary N) is 1. The summed E-state index contributed by atoms with van der Waals surface area (Å²) >= 11 is 3.11. The van der Waals surface area contributed by atoms with Crippen molar-refractivity contribution in [1.29, 1.82) is 0 Å². The second-order valence-electron chi connectivity index (χ2n) is 10.6. The average molecular weight is 545 g/mol. The molecule has 3 fully saturated rings. The molecule has 0 unspecified atom stereocenters. The molecule has 2 aromatic heterocycles. The van der Waals surface area contributed by atoms with Crippen molar-refractivity contribution in [2.75, 3.05) is 6.54 Å². The van der Waals surface area contributed by atoms with E-state index in [2.05, 4.69) is 41.5 Å². The van der Waals surface area contributed by atoms with Gasteiger partial charge in [0.1, 0.15) is 5.69 Å². The van der Waals surface area contributed by atoms with Crippen LogP contribution in [-0.4, -0.2) is 45.5 Å². The summed E-state index contributed by atoms with van der Waals surface area (Å²) in [7, 11) is 0. The highest BCUT2D eigenvalue weighted by Gasteiger charge is 2.49. The predicted molar refractivity (Wildman–Crippen MR) is 149 cm³/mol. The zero-order chi connectivity index (χ0) is 25.8. The number of benzene rings is 2. The number of aryl methyl sites for hydroxylation is 1. The van der Waals surface area contributed by atoms with Gasteiger partial charge in [0.05, 0.1) is 31.7 Å². The Morgan fingerprint density at radius 1 is 1.11 bits per heavy atom. The van der Waals surface area contributed by atoms with Crippen LogP contribution in [0.2, 0.25) is 0 Å². The van der Waals surface area contributed by atoms with Crippen LogP contribution in [0, 0.1) is 12.8 Å². The van der Waals surface area contributed by atoms with Gasteiger partial charge in [-0.1, -0.05) is 35.9 Å². The van der Waals surface area contributed by atoms with Crippen LogP contribution in [0.4, 0.5) is 4.79 Å². The number of thiazole rings is 2. The number of aromatic nitrogens is 2. The molecule has 7 rings (SSSR count). The lowest BCUT2D eigenvalue weighted by atomic mass is 9.98. The van der Waals surface area contributed by atoms with Crippen molar-refractivity contribution in [3.05, 3.63) is 64.2 Å². The summed E-state index contributed by atoms with van der Waals surface area (Å²) in [6, 6.07) is 14.0. The van der Waals surface area contributed by atoms with E-state index in [0.717, 1.165) is 57.8 Å². The normalized spacial score (nSPS) is 22.2. The predicted octanol–water partition coefficient (Wildman–Crippen LogP) is 6.39. The van der Waals surface area contributed by atoms with E-state index in [1.165, 1.54) is 16.9 Å². The van der Waals surface area contributed by atoms with Crippen LogP contribution >= 0.6 is 22.7 Å². The molecule has 2 saturated carbocycles. The summed E-state index contributed by atoms with van der Waals surface area (Å²) in [6.07, 6.45) is 4.84. The van der Waals surface area contributed by atoms with Gasteiger partial charge in [0.25, 0.3) is 5.91 Å². The molecule has 3 atom stereocenters. The molecule has 38 heavy (non-hydrogen) atoms. The van der Waals surface area contributed by atoms with Crippen LogP contribution in [-0.2, 0) is 0 Å². The van der Waals surface area contributed by atoms with Crippen LogP contribution in [0.5, 0.6) is 5.75 Å². The molecule has 9 heteroatoms. The first kappa shape index (κ1) is 23.8. The molecule has 3 aliphatic rings. The van der Waals surface area contributed by atoms with E-state index in [0.29, 0.717) is 29.8 Å². The zero-order valence-electron chi connectivity index (χ0n) is 21.1. The second-order valence-corrected chi connectivity index (χ2v) is 12.5. The van der Waals surface area contributed by atoms with Gasteiger partial charge in [0.15, 0.2) is 5.75 Å². The van der Waals surface area contributed by atoms with E-state index in [-0.39, 0.29) is 18.0 Å². The molecule has 1 saturated heterocycles. The van der Waals surface area contributed by atoms with Crippen molar-refractivity contribution < 1.29 is 14.3 Å². The number of hydrogen-bond acceptors (Lipinski definition) is 7. The number of hydrogen-bond donors (Lipinski definition) is 1. The van der Waals surface area contributed by atoms with Gasteiger partial charge in [-0.2, -0.15) is 0 Å². The molecular weight excluding hydrogens is 516 g/mol. The third-order valence-corrected chi connectivity index (χ3v) is 10.2. The maximum Gasteiger partial charge on any atom is 0.412 e. The zero-order valence-corrected chi connectivity index (χ0v) is 22.7. The summed E-state index contributed by atoms with van der Waals surface area (Å²) in [5, 5.41) is 4.02. The molecule has 0 radical (unpaired) electrons. The molecule has 2 bridgehead atoms. The number of amides is 2. The largest absolute Gasteiger partial charge is 0.412 e. The van der Waals surface area contributed by atoms with Gasteiger partial charge in [0.2, 0.25) is 0 Å². The van der Waals surface area contributed by atoms with Crippen LogP contribution in [0.1, 0.15) is 59.1 Å². The molecule has 7 nitrogen and oxygen atoms in total. The fraction of sp³-hybridized carbons (Fsp3) is 0.379. The number of fused-ring (bicyclic) bond motifs is 3. The minimum absolute atomic E-state index is 0.00878. The van der Waals surface area contributed by atoms with E-state index in [9.17, 15) is 9.59 Å². The van der Waals surface area contributed by atoms with Crippen molar-refractivity contribution in [2.24, 2.45) is 5.92 Å². The van der Waals surface area contributed by atoms with Gasteiger partial charge in [-0.15, -0.1) is 22.7 Å². The highest BCUT2D eigenvalue weighted by molar-refractivity contribution is 7.17. The number of carbonyl (C=O) groups is 2. The Morgan fingerprint density at radius 3 is 2.76 bits per heavy atom. The minimum atomic E-state index is -0.508. The Labute approximate surface area is 228 Å². The Kier molecular flexibility index (Phi) is 5.93.